The number of carbonyl (C=O) groups is 1. The molecule has 1 atom stereocenters. The van der Waals surface area contributed by atoms with Crippen LogP contribution in [0.5, 0.6) is 0 Å². The third-order valence-corrected chi connectivity index (χ3v) is 3.88. The standard InChI is InChI=1S/C16H25N3O.ClH/c1-11(2)15(17)16(20)19-14-9-5-8-13(10-14)18-12-6-3-4-7-12;/h5,8-12,15,18H,3-4,6-7,17H2,1-2H3,(H,19,20);1H/t15-;/m0./s1. The van der Waals surface area contributed by atoms with Crippen molar-refractivity contribution in [2.24, 2.45) is 11.7 Å². The third kappa shape index (κ3) is 5.21. The topological polar surface area (TPSA) is 67.2 Å². The molecule has 1 saturated carbocycles. The fraction of sp³-hybridized carbons (Fsp3) is 0.562. The summed E-state index contributed by atoms with van der Waals surface area (Å²) in [5.74, 6) is 0.00723. The molecule has 4 nitrogen and oxygen atoms in total. The summed E-state index contributed by atoms with van der Waals surface area (Å²) in [6.07, 6.45) is 5.07. The van der Waals surface area contributed by atoms with Crippen LogP contribution in [0.4, 0.5) is 11.4 Å². The van der Waals surface area contributed by atoms with Gasteiger partial charge in [-0.15, -0.1) is 12.4 Å². The largest absolute Gasteiger partial charge is 0.382 e. The van der Waals surface area contributed by atoms with Gasteiger partial charge in [-0.2, -0.15) is 0 Å². The minimum Gasteiger partial charge on any atom is -0.382 e. The first-order valence-corrected chi connectivity index (χ1v) is 7.49. The monoisotopic (exact) mass is 311 g/mol. The van der Waals surface area contributed by atoms with Crippen LogP contribution in [0.3, 0.4) is 0 Å². The summed E-state index contributed by atoms with van der Waals surface area (Å²) < 4.78 is 0. The summed E-state index contributed by atoms with van der Waals surface area (Å²) in [6.45, 7) is 3.89. The quantitative estimate of drug-likeness (QED) is 0.781. The Kier molecular flexibility index (Phi) is 6.99. The lowest BCUT2D eigenvalue weighted by Gasteiger charge is -2.17. The lowest BCUT2D eigenvalue weighted by Crippen LogP contribution is -2.39. The highest BCUT2D eigenvalue weighted by molar-refractivity contribution is 5.95. The molecule has 0 heterocycles. The molecular formula is C16H26ClN3O. The molecule has 0 aromatic heterocycles. The Hall–Kier alpha value is -1.26. The van der Waals surface area contributed by atoms with Crippen molar-refractivity contribution in [3.8, 4) is 0 Å². The van der Waals surface area contributed by atoms with Crippen LogP contribution in [0, 0.1) is 5.92 Å². The van der Waals surface area contributed by atoms with Gasteiger partial charge in [0.25, 0.3) is 0 Å². The first-order chi connectivity index (χ1) is 9.56. The van der Waals surface area contributed by atoms with Gasteiger partial charge < -0.3 is 16.4 Å². The maximum absolute atomic E-state index is 12.0. The summed E-state index contributed by atoms with van der Waals surface area (Å²) in [7, 11) is 0. The molecule has 1 fully saturated rings. The lowest BCUT2D eigenvalue weighted by atomic mass is 10.0. The predicted molar refractivity (Wildman–Crippen MR) is 91.0 cm³/mol. The second-order valence-corrected chi connectivity index (χ2v) is 5.97. The van der Waals surface area contributed by atoms with Crippen molar-refractivity contribution in [2.45, 2.75) is 51.6 Å². The van der Waals surface area contributed by atoms with E-state index in [0.29, 0.717) is 6.04 Å². The molecule has 1 amide bonds. The molecule has 21 heavy (non-hydrogen) atoms. The number of rotatable bonds is 5. The van der Waals surface area contributed by atoms with Gasteiger partial charge in [0, 0.05) is 17.4 Å². The Morgan fingerprint density at radius 3 is 2.48 bits per heavy atom. The predicted octanol–water partition coefficient (Wildman–Crippen LogP) is 3.38. The van der Waals surface area contributed by atoms with E-state index in [-0.39, 0.29) is 24.2 Å². The van der Waals surface area contributed by atoms with Gasteiger partial charge in [0.2, 0.25) is 5.91 Å². The molecular weight excluding hydrogens is 286 g/mol. The molecule has 0 spiro atoms. The fourth-order valence-electron chi connectivity index (χ4n) is 2.52. The van der Waals surface area contributed by atoms with Crippen LogP contribution in [0.15, 0.2) is 24.3 Å². The van der Waals surface area contributed by atoms with E-state index in [0.717, 1.165) is 11.4 Å². The van der Waals surface area contributed by atoms with Crippen molar-refractivity contribution in [3.05, 3.63) is 24.3 Å². The van der Waals surface area contributed by atoms with Crippen molar-refractivity contribution in [3.63, 3.8) is 0 Å². The Morgan fingerprint density at radius 2 is 1.86 bits per heavy atom. The zero-order valence-corrected chi connectivity index (χ0v) is 13.6. The van der Waals surface area contributed by atoms with E-state index in [9.17, 15) is 4.79 Å². The number of hydrogen-bond acceptors (Lipinski definition) is 3. The zero-order valence-electron chi connectivity index (χ0n) is 12.8. The van der Waals surface area contributed by atoms with Crippen LogP contribution in [0.1, 0.15) is 39.5 Å². The first-order valence-electron chi connectivity index (χ1n) is 7.49. The molecule has 0 unspecified atom stereocenters. The number of amides is 1. The molecule has 1 aliphatic rings. The number of hydrogen-bond donors (Lipinski definition) is 3. The molecule has 0 saturated heterocycles. The zero-order chi connectivity index (χ0) is 14.5. The number of benzene rings is 1. The smallest absolute Gasteiger partial charge is 0.241 e. The van der Waals surface area contributed by atoms with Crippen molar-refractivity contribution < 1.29 is 4.79 Å². The van der Waals surface area contributed by atoms with E-state index in [1.807, 2.05) is 38.1 Å². The number of anilines is 2. The Balaban J connectivity index is 0.00000220. The minimum absolute atomic E-state index is 0. The molecule has 0 aliphatic heterocycles. The van der Waals surface area contributed by atoms with Crippen molar-refractivity contribution in [2.75, 3.05) is 10.6 Å². The van der Waals surface area contributed by atoms with Gasteiger partial charge in [0.1, 0.15) is 0 Å². The van der Waals surface area contributed by atoms with Gasteiger partial charge in [0.05, 0.1) is 6.04 Å². The Morgan fingerprint density at radius 1 is 1.24 bits per heavy atom. The van der Waals surface area contributed by atoms with Gasteiger partial charge in [-0.05, 0) is 37.0 Å². The summed E-state index contributed by atoms with van der Waals surface area (Å²) >= 11 is 0. The molecule has 118 valence electrons. The van der Waals surface area contributed by atoms with Crippen LogP contribution in [-0.4, -0.2) is 18.0 Å². The highest BCUT2D eigenvalue weighted by Crippen LogP contribution is 2.23. The third-order valence-electron chi connectivity index (χ3n) is 3.88. The van der Waals surface area contributed by atoms with Crippen LogP contribution in [0.25, 0.3) is 0 Å². The highest BCUT2D eigenvalue weighted by atomic mass is 35.5. The van der Waals surface area contributed by atoms with Gasteiger partial charge >= 0.3 is 0 Å². The number of carbonyl (C=O) groups excluding carboxylic acids is 1. The first kappa shape index (κ1) is 17.8. The second kappa shape index (κ2) is 8.25. The molecule has 0 radical (unpaired) electrons. The van der Waals surface area contributed by atoms with Crippen LogP contribution in [0.2, 0.25) is 0 Å². The van der Waals surface area contributed by atoms with Gasteiger partial charge in [-0.25, -0.2) is 0 Å². The van der Waals surface area contributed by atoms with Crippen LogP contribution >= 0.6 is 12.4 Å². The van der Waals surface area contributed by atoms with E-state index in [1.54, 1.807) is 0 Å². The molecule has 0 bridgehead atoms. The maximum Gasteiger partial charge on any atom is 0.241 e. The highest BCUT2D eigenvalue weighted by Gasteiger charge is 2.18. The molecule has 2 rings (SSSR count). The summed E-state index contributed by atoms with van der Waals surface area (Å²) in [5.41, 5.74) is 7.71. The minimum atomic E-state index is -0.471. The van der Waals surface area contributed by atoms with E-state index in [2.05, 4.69) is 10.6 Å². The fourth-order valence-corrected chi connectivity index (χ4v) is 2.52. The van der Waals surface area contributed by atoms with Crippen LogP contribution < -0.4 is 16.4 Å². The number of nitrogens with two attached hydrogens (primary N) is 1. The summed E-state index contributed by atoms with van der Waals surface area (Å²) in [6, 6.07) is 7.96. The Bertz CT molecular complexity index is 459. The molecule has 4 N–H and O–H groups in total. The average Bonchev–Trinajstić information content (AvgIpc) is 2.91. The van der Waals surface area contributed by atoms with Crippen molar-refractivity contribution >= 4 is 29.7 Å². The SMILES string of the molecule is CC(C)[C@H](N)C(=O)Nc1cccc(NC2CCCC2)c1.Cl. The number of halogens is 1. The molecule has 5 heteroatoms. The van der Waals surface area contributed by atoms with Gasteiger partial charge in [-0.1, -0.05) is 32.8 Å². The molecule has 1 aromatic carbocycles. The van der Waals surface area contributed by atoms with E-state index in [4.69, 9.17) is 5.73 Å². The maximum atomic E-state index is 12.0. The van der Waals surface area contributed by atoms with Gasteiger partial charge in [-0.3, -0.25) is 4.79 Å². The summed E-state index contributed by atoms with van der Waals surface area (Å²) in [5, 5.41) is 6.41. The molecule has 1 aliphatic carbocycles. The number of nitrogens with one attached hydrogen (secondary N) is 2. The lowest BCUT2D eigenvalue weighted by molar-refractivity contribution is -0.118. The Labute approximate surface area is 133 Å². The van der Waals surface area contributed by atoms with E-state index >= 15 is 0 Å². The second-order valence-electron chi connectivity index (χ2n) is 5.97. The van der Waals surface area contributed by atoms with Crippen LogP contribution in [-0.2, 0) is 4.79 Å². The normalized spacial score (nSPS) is 16.4. The van der Waals surface area contributed by atoms with Crippen molar-refractivity contribution in [1.82, 2.24) is 0 Å². The van der Waals surface area contributed by atoms with E-state index in [1.165, 1.54) is 25.7 Å². The van der Waals surface area contributed by atoms with Gasteiger partial charge in [0.15, 0.2) is 0 Å². The molecule has 1 aromatic rings. The average molecular weight is 312 g/mol. The summed E-state index contributed by atoms with van der Waals surface area (Å²) in [4.78, 5) is 12.0. The van der Waals surface area contributed by atoms with Crippen molar-refractivity contribution in [1.29, 1.82) is 0 Å². The van der Waals surface area contributed by atoms with E-state index < -0.39 is 6.04 Å².